The predicted molar refractivity (Wildman–Crippen MR) is 74.8 cm³/mol. The van der Waals surface area contributed by atoms with Gasteiger partial charge in [-0.3, -0.25) is 0 Å². The van der Waals surface area contributed by atoms with Crippen molar-refractivity contribution >= 4 is 28.9 Å². The van der Waals surface area contributed by atoms with Crippen LogP contribution in [0.4, 0.5) is 5.95 Å². The van der Waals surface area contributed by atoms with Crippen LogP contribution in [0, 0.1) is 0 Å². The van der Waals surface area contributed by atoms with Crippen LogP contribution in [0.1, 0.15) is 25.8 Å². The van der Waals surface area contributed by atoms with Gasteiger partial charge in [0.2, 0.25) is 11.2 Å². The van der Waals surface area contributed by atoms with Crippen molar-refractivity contribution < 1.29 is 4.74 Å². The second kappa shape index (κ2) is 5.66. The number of ether oxygens (including phenoxy) is 1. The zero-order valence-corrected chi connectivity index (χ0v) is 12.4. The summed E-state index contributed by atoms with van der Waals surface area (Å²) in [4.78, 5) is 16.4. The number of halogens is 1. The summed E-state index contributed by atoms with van der Waals surface area (Å²) in [6.45, 7) is 6.30. The molecule has 2 aromatic rings. The summed E-state index contributed by atoms with van der Waals surface area (Å²) in [5, 5.41) is 6.13. The fourth-order valence-electron chi connectivity index (χ4n) is 1.45. The zero-order valence-electron chi connectivity index (χ0n) is 10.8. The maximum absolute atomic E-state index is 5.84. The van der Waals surface area contributed by atoms with Gasteiger partial charge < -0.3 is 10.1 Å². The van der Waals surface area contributed by atoms with Crippen LogP contribution >= 0.6 is 22.9 Å². The molecule has 0 aromatic carbocycles. The summed E-state index contributed by atoms with van der Waals surface area (Å²) < 4.78 is 5.23. The third kappa shape index (κ3) is 3.51. The minimum atomic E-state index is -0.400. The Balaban J connectivity index is 2.23. The summed E-state index contributed by atoms with van der Waals surface area (Å²) in [5.41, 5.74) is -0.400. The van der Waals surface area contributed by atoms with Crippen LogP contribution in [0.25, 0.3) is 0 Å². The summed E-state index contributed by atoms with van der Waals surface area (Å²) in [5.74, 6) is 0.364. The molecule has 19 heavy (non-hydrogen) atoms. The lowest BCUT2D eigenvalue weighted by Gasteiger charge is -2.23. The highest BCUT2D eigenvalue weighted by Gasteiger charge is 2.24. The molecule has 1 N–H and O–H groups in total. The van der Waals surface area contributed by atoms with Gasteiger partial charge in [-0.1, -0.05) is 0 Å². The number of anilines is 1. The third-order valence-corrected chi connectivity index (χ3v) is 3.52. The molecule has 0 spiro atoms. The van der Waals surface area contributed by atoms with Crippen LogP contribution in [0.3, 0.4) is 0 Å². The van der Waals surface area contributed by atoms with Gasteiger partial charge in [-0.05, 0) is 32.4 Å². The SMILES string of the molecule is CCOc1nc(Cl)nc(NC(C)(C)c2nccs2)n1. The number of nitrogens with one attached hydrogen (secondary N) is 1. The van der Waals surface area contributed by atoms with Crippen molar-refractivity contribution in [3.63, 3.8) is 0 Å². The molecule has 102 valence electrons. The Labute approximate surface area is 120 Å². The maximum Gasteiger partial charge on any atom is 0.322 e. The van der Waals surface area contributed by atoms with Crippen LogP contribution in [-0.4, -0.2) is 26.5 Å². The number of aromatic nitrogens is 4. The van der Waals surface area contributed by atoms with E-state index < -0.39 is 5.54 Å². The van der Waals surface area contributed by atoms with Gasteiger partial charge in [0.05, 0.1) is 12.1 Å². The largest absolute Gasteiger partial charge is 0.464 e. The quantitative estimate of drug-likeness (QED) is 0.915. The monoisotopic (exact) mass is 299 g/mol. The normalized spacial score (nSPS) is 11.4. The second-order valence-corrected chi connectivity index (χ2v) is 5.46. The van der Waals surface area contributed by atoms with Crippen molar-refractivity contribution in [1.82, 2.24) is 19.9 Å². The lowest BCUT2D eigenvalue weighted by Crippen LogP contribution is -2.29. The lowest BCUT2D eigenvalue weighted by atomic mass is 10.1. The van der Waals surface area contributed by atoms with Crippen molar-refractivity contribution in [1.29, 1.82) is 0 Å². The maximum atomic E-state index is 5.84. The van der Waals surface area contributed by atoms with Gasteiger partial charge in [0.25, 0.3) is 0 Å². The van der Waals surface area contributed by atoms with Gasteiger partial charge in [0.15, 0.2) is 0 Å². The van der Waals surface area contributed by atoms with E-state index in [-0.39, 0.29) is 11.3 Å². The summed E-state index contributed by atoms with van der Waals surface area (Å²) >= 11 is 7.40. The molecule has 2 aromatic heterocycles. The lowest BCUT2D eigenvalue weighted by molar-refractivity contribution is 0.311. The van der Waals surface area contributed by atoms with Gasteiger partial charge >= 0.3 is 6.01 Å². The highest BCUT2D eigenvalue weighted by Crippen LogP contribution is 2.26. The molecular weight excluding hydrogens is 286 g/mol. The average molecular weight is 300 g/mol. The van der Waals surface area contributed by atoms with Gasteiger partial charge in [0, 0.05) is 11.6 Å². The summed E-state index contributed by atoms with van der Waals surface area (Å²) in [7, 11) is 0. The predicted octanol–water partition coefficient (Wildman–Crippen LogP) is 2.73. The van der Waals surface area contributed by atoms with E-state index in [1.165, 1.54) is 0 Å². The first-order valence-corrected chi connectivity index (χ1v) is 6.99. The van der Waals surface area contributed by atoms with Crippen molar-refractivity contribution in [3.8, 4) is 6.01 Å². The summed E-state index contributed by atoms with van der Waals surface area (Å²) in [6, 6.07) is 0.208. The first-order chi connectivity index (χ1) is 9.01. The molecule has 0 saturated heterocycles. The number of hydrogen-bond acceptors (Lipinski definition) is 7. The Morgan fingerprint density at radius 1 is 1.37 bits per heavy atom. The first kappa shape index (κ1) is 14.0. The molecule has 0 radical (unpaired) electrons. The summed E-state index contributed by atoms with van der Waals surface area (Å²) in [6.07, 6.45) is 1.76. The van der Waals surface area contributed by atoms with E-state index in [9.17, 15) is 0 Å². The van der Waals surface area contributed by atoms with E-state index in [1.54, 1.807) is 17.5 Å². The number of rotatable bonds is 5. The van der Waals surface area contributed by atoms with Crippen LogP contribution in [0.15, 0.2) is 11.6 Å². The highest BCUT2D eigenvalue weighted by atomic mass is 35.5. The van der Waals surface area contributed by atoms with E-state index in [0.29, 0.717) is 12.6 Å². The average Bonchev–Trinajstić information content (AvgIpc) is 2.81. The van der Waals surface area contributed by atoms with E-state index in [1.807, 2.05) is 26.2 Å². The molecule has 2 heterocycles. The molecule has 0 unspecified atom stereocenters. The van der Waals surface area contributed by atoms with Crippen LogP contribution < -0.4 is 10.1 Å². The van der Waals surface area contributed by atoms with E-state index in [2.05, 4.69) is 25.3 Å². The van der Waals surface area contributed by atoms with Crippen molar-refractivity contribution in [3.05, 3.63) is 21.9 Å². The minimum absolute atomic E-state index is 0.0934. The molecule has 0 aliphatic rings. The van der Waals surface area contributed by atoms with Crippen molar-refractivity contribution in [2.24, 2.45) is 0 Å². The number of hydrogen-bond donors (Lipinski definition) is 1. The van der Waals surface area contributed by atoms with Crippen LogP contribution in [0.5, 0.6) is 6.01 Å². The first-order valence-electron chi connectivity index (χ1n) is 5.74. The Morgan fingerprint density at radius 2 is 2.16 bits per heavy atom. The van der Waals surface area contributed by atoms with Crippen molar-refractivity contribution in [2.45, 2.75) is 26.3 Å². The molecular formula is C11H14ClN5OS. The van der Waals surface area contributed by atoms with Crippen molar-refractivity contribution in [2.75, 3.05) is 11.9 Å². The molecule has 0 saturated carbocycles. The van der Waals surface area contributed by atoms with E-state index in [4.69, 9.17) is 16.3 Å². The molecule has 0 aliphatic heterocycles. The standard InChI is InChI=1S/C11H14ClN5OS/c1-4-18-10-15-8(12)14-9(16-10)17-11(2,3)7-13-5-6-19-7/h5-6H,4H2,1-3H3,(H,14,15,16,17). The van der Waals surface area contributed by atoms with Gasteiger partial charge in [-0.2, -0.15) is 15.0 Å². The smallest absolute Gasteiger partial charge is 0.322 e. The Morgan fingerprint density at radius 3 is 2.79 bits per heavy atom. The minimum Gasteiger partial charge on any atom is -0.464 e. The molecule has 6 nitrogen and oxygen atoms in total. The fraction of sp³-hybridized carbons (Fsp3) is 0.455. The van der Waals surface area contributed by atoms with Gasteiger partial charge in [0.1, 0.15) is 5.01 Å². The Hall–Kier alpha value is -1.47. The fourth-order valence-corrected chi connectivity index (χ4v) is 2.32. The van der Waals surface area contributed by atoms with E-state index >= 15 is 0 Å². The molecule has 0 amide bonds. The number of thiazole rings is 1. The van der Waals surface area contributed by atoms with E-state index in [0.717, 1.165) is 5.01 Å². The molecule has 8 heteroatoms. The molecule has 0 fully saturated rings. The Bertz CT molecular complexity index is 546. The van der Waals surface area contributed by atoms with Crippen LogP contribution in [0.2, 0.25) is 5.28 Å². The third-order valence-electron chi connectivity index (χ3n) is 2.25. The number of nitrogens with zero attached hydrogens (tertiary/aromatic N) is 4. The topological polar surface area (TPSA) is 72.8 Å². The van der Waals surface area contributed by atoms with Gasteiger partial charge in [-0.25, -0.2) is 4.98 Å². The second-order valence-electron chi connectivity index (χ2n) is 4.23. The molecule has 2 rings (SSSR count). The zero-order chi connectivity index (χ0) is 13.9. The molecule has 0 aliphatic carbocycles. The highest BCUT2D eigenvalue weighted by molar-refractivity contribution is 7.09. The molecule has 0 atom stereocenters. The molecule has 0 bridgehead atoms. The van der Waals surface area contributed by atoms with Crippen LogP contribution in [-0.2, 0) is 5.54 Å². The Kier molecular flexibility index (Phi) is 4.16. The van der Waals surface area contributed by atoms with Gasteiger partial charge in [-0.15, -0.1) is 11.3 Å².